The van der Waals surface area contributed by atoms with Gasteiger partial charge in [-0.3, -0.25) is 14.8 Å². The van der Waals surface area contributed by atoms with Crippen LogP contribution in [0.25, 0.3) is 16.6 Å². The number of methoxy groups -OCH3 is 1. The average Bonchev–Trinajstić information content (AvgIpc) is 3.50. The fraction of sp³-hybridized carbons (Fsp3) is 0.0870. The Kier molecular flexibility index (Phi) is 5.30. The van der Waals surface area contributed by atoms with Crippen LogP contribution in [-0.2, 0) is 0 Å². The summed E-state index contributed by atoms with van der Waals surface area (Å²) in [4.78, 5) is 22.1. The van der Waals surface area contributed by atoms with Crippen molar-refractivity contribution >= 4 is 28.5 Å². The van der Waals surface area contributed by atoms with Gasteiger partial charge in [0.05, 0.1) is 36.4 Å². The predicted molar refractivity (Wildman–Crippen MR) is 122 cm³/mol. The fourth-order valence-corrected chi connectivity index (χ4v) is 4.14. The molecule has 5 aromatic heterocycles. The summed E-state index contributed by atoms with van der Waals surface area (Å²) in [6, 6.07) is 12.4. The molecule has 5 aromatic rings. The molecule has 1 N–H and O–H groups in total. The van der Waals surface area contributed by atoms with Crippen LogP contribution in [0.5, 0.6) is 5.75 Å². The number of carbonyl (C=O) groups excluding carboxylic acids is 1. The second-order valence-electron chi connectivity index (χ2n) is 7.01. The van der Waals surface area contributed by atoms with Crippen molar-refractivity contribution in [2.75, 3.05) is 12.4 Å². The number of rotatable bonds is 7. The van der Waals surface area contributed by atoms with Gasteiger partial charge in [0.1, 0.15) is 17.5 Å². The molecule has 0 aliphatic carbocycles. The molecule has 1 atom stereocenters. The minimum Gasteiger partial charge on any atom is -0.495 e. The molecular weight excluding hydrogens is 424 g/mol. The lowest BCUT2D eigenvalue weighted by molar-refractivity contribution is 0.0965. The Labute approximate surface area is 187 Å². The lowest BCUT2D eigenvalue weighted by Crippen LogP contribution is -2.23. The van der Waals surface area contributed by atoms with Crippen molar-refractivity contribution in [3.8, 4) is 16.9 Å². The van der Waals surface area contributed by atoms with Gasteiger partial charge in [-0.15, -0.1) is 0 Å². The Morgan fingerprint density at radius 3 is 2.81 bits per heavy atom. The van der Waals surface area contributed by atoms with Gasteiger partial charge in [-0.25, -0.2) is 4.52 Å². The molecule has 8 nitrogen and oxygen atoms in total. The number of fused-ring (bicyclic) bond motifs is 1. The largest absolute Gasteiger partial charge is 0.495 e. The first-order valence-electron chi connectivity index (χ1n) is 9.82. The third-order valence-electron chi connectivity index (χ3n) is 5.00. The topological polar surface area (TPSA) is 94.3 Å². The molecule has 158 valence electrons. The van der Waals surface area contributed by atoms with E-state index in [-0.39, 0.29) is 5.78 Å². The number of carbonyl (C=O) groups is 1. The second-order valence-corrected chi connectivity index (χ2v) is 7.64. The number of pyridine rings is 3. The smallest absolute Gasteiger partial charge is 0.211 e. The second kappa shape index (κ2) is 8.56. The molecule has 9 heteroatoms. The number of anilines is 1. The third kappa shape index (κ3) is 3.81. The van der Waals surface area contributed by atoms with E-state index in [1.54, 1.807) is 42.5 Å². The fourth-order valence-electron chi connectivity index (χ4n) is 3.44. The van der Waals surface area contributed by atoms with E-state index in [0.717, 1.165) is 16.6 Å². The molecule has 0 aromatic carbocycles. The molecule has 0 radical (unpaired) electrons. The van der Waals surface area contributed by atoms with Gasteiger partial charge in [-0.1, -0.05) is 6.07 Å². The zero-order valence-corrected chi connectivity index (χ0v) is 17.9. The Bertz CT molecular complexity index is 1350. The van der Waals surface area contributed by atoms with Crippen LogP contribution in [0.3, 0.4) is 0 Å². The van der Waals surface area contributed by atoms with Gasteiger partial charge in [0.2, 0.25) is 5.78 Å². The zero-order valence-electron chi connectivity index (χ0n) is 17.0. The Balaban J connectivity index is 1.58. The summed E-state index contributed by atoms with van der Waals surface area (Å²) in [6.07, 6.45) is 8.49. The van der Waals surface area contributed by atoms with Crippen molar-refractivity contribution in [1.29, 1.82) is 0 Å². The molecule has 0 spiro atoms. The Morgan fingerprint density at radius 1 is 1.12 bits per heavy atom. The summed E-state index contributed by atoms with van der Waals surface area (Å²) in [5.41, 5.74) is 4.14. The number of aromatic nitrogens is 5. The van der Waals surface area contributed by atoms with Crippen LogP contribution in [0.4, 0.5) is 5.69 Å². The van der Waals surface area contributed by atoms with Gasteiger partial charge in [-0.05, 0) is 47.4 Å². The quantitative estimate of drug-likeness (QED) is 0.376. The van der Waals surface area contributed by atoms with Gasteiger partial charge in [-0.2, -0.15) is 9.47 Å². The number of nitrogens with zero attached hydrogens (tertiary/aromatic N) is 5. The standard InChI is InChI=1S/C23H18N6O2S/c1-31-18-10-16(12-25-13-18)26-22(20-11-17-4-2-3-9-29(17)27-20)23(30)21-19(14-32-28-21)15-5-7-24-8-6-15/h2-14,22,26H,1H3. The predicted octanol–water partition coefficient (Wildman–Crippen LogP) is 4.29. The van der Waals surface area contributed by atoms with Gasteiger partial charge in [0.25, 0.3) is 0 Å². The van der Waals surface area contributed by atoms with E-state index >= 15 is 0 Å². The monoisotopic (exact) mass is 442 g/mol. The summed E-state index contributed by atoms with van der Waals surface area (Å²) < 4.78 is 11.4. The van der Waals surface area contributed by atoms with Crippen LogP contribution in [0.15, 0.2) is 78.8 Å². The number of Topliss-reactive ketones (excluding diaryl/α,β-unsaturated/α-hetero) is 1. The van der Waals surface area contributed by atoms with E-state index in [0.29, 0.717) is 22.8 Å². The number of ether oxygens (including phenoxy) is 1. The molecule has 0 aliphatic heterocycles. The molecule has 1 unspecified atom stereocenters. The summed E-state index contributed by atoms with van der Waals surface area (Å²) >= 11 is 1.24. The first kappa shape index (κ1) is 19.8. The molecule has 0 fully saturated rings. The number of nitrogens with one attached hydrogen (secondary N) is 1. The van der Waals surface area contributed by atoms with Crippen molar-refractivity contribution in [3.05, 3.63) is 90.2 Å². The molecule has 5 heterocycles. The van der Waals surface area contributed by atoms with Gasteiger partial charge >= 0.3 is 0 Å². The highest BCUT2D eigenvalue weighted by Crippen LogP contribution is 2.31. The summed E-state index contributed by atoms with van der Waals surface area (Å²) in [7, 11) is 1.57. The van der Waals surface area contributed by atoms with Crippen LogP contribution in [0.1, 0.15) is 22.2 Å². The summed E-state index contributed by atoms with van der Waals surface area (Å²) in [5, 5.41) is 9.79. The molecule has 0 saturated carbocycles. The van der Waals surface area contributed by atoms with Crippen molar-refractivity contribution < 1.29 is 9.53 Å². The van der Waals surface area contributed by atoms with Crippen molar-refractivity contribution in [2.24, 2.45) is 0 Å². The third-order valence-corrected chi connectivity index (χ3v) is 5.63. The SMILES string of the molecule is COc1cncc(NC(C(=O)c2nscc2-c2ccncc2)c2cc3ccccn3n2)c1. The number of ketones is 1. The minimum atomic E-state index is -0.772. The summed E-state index contributed by atoms with van der Waals surface area (Å²) in [5.74, 6) is 0.395. The Morgan fingerprint density at radius 2 is 2.00 bits per heavy atom. The van der Waals surface area contributed by atoms with E-state index in [9.17, 15) is 4.79 Å². The molecule has 0 aliphatic rings. The van der Waals surface area contributed by atoms with Crippen LogP contribution < -0.4 is 10.1 Å². The highest BCUT2D eigenvalue weighted by molar-refractivity contribution is 7.04. The van der Waals surface area contributed by atoms with E-state index in [1.807, 2.05) is 48.0 Å². The highest BCUT2D eigenvalue weighted by atomic mass is 32.1. The van der Waals surface area contributed by atoms with Crippen LogP contribution in [0.2, 0.25) is 0 Å². The maximum atomic E-state index is 13.8. The van der Waals surface area contributed by atoms with E-state index in [2.05, 4.69) is 24.8 Å². The zero-order chi connectivity index (χ0) is 21.9. The summed E-state index contributed by atoms with van der Waals surface area (Å²) in [6.45, 7) is 0. The van der Waals surface area contributed by atoms with Crippen molar-refractivity contribution in [2.45, 2.75) is 6.04 Å². The molecule has 0 amide bonds. The number of hydrogen-bond acceptors (Lipinski definition) is 8. The Hall–Kier alpha value is -4.11. The van der Waals surface area contributed by atoms with Gasteiger partial charge < -0.3 is 10.1 Å². The van der Waals surface area contributed by atoms with Gasteiger partial charge in [0.15, 0.2) is 0 Å². The first-order chi connectivity index (χ1) is 15.7. The molecular formula is C23H18N6O2S. The lowest BCUT2D eigenvalue weighted by atomic mass is 10.00. The van der Waals surface area contributed by atoms with Crippen LogP contribution >= 0.6 is 11.5 Å². The lowest BCUT2D eigenvalue weighted by Gasteiger charge is -2.17. The molecule has 5 rings (SSSR count). The highest BCUT2D eigenvalue weighted by Gasteiger charge is 2.29. The normalized spacial score (nSPS) is 11.9. The number of hydrogen-bond donors (Lipinski definition) is 1. The minimum absolute atomic E-state index is 0.190. The molecule has 0 saturated heterocycles. The first-order valence-corrected chi connectivity index (χ1v) is 10.7. The van der Waals surface area contributed by atoms with Crippen LogP contribution in [-0.4, -0.2) is 36.8 Å². The maximum absolute atomic E-state index is 13.8. The van der Waals surface area contributed by atoms with Crippen molar-refractivity contribution in [3.63, 3.8) is 0 Å². The van der Waals surface area contributed by atoms with Gasteiger partial charge in [0, 0.05) is 35.6 Å². The molecule has 0 bridgehead atoms. The van der Waals surface area contributed by atoms with E-state index < -0.39 is 6.04 Å². The molecule has 32 heavy (non-hydrogen) atoms. The van der Waals surface area contributed by atoms with E-state index in [4.69, 9.17) is 4.74 Å². The maximum Gasteiger partial charge on any atom is 0.211 e. The van der Waals surface area contributed by atoms with Crippen molar-refractivity contribution in [1.82, 2.24) is 24.0 Å². The average molecular weight is 443 g/mol. The van der Waals surface area contributed by atoms with Crippen LogP contribution in [0, 0.1) is 0 Å². The van der Waals surface area contributed by atoms with E-state index in [1.165, 1.54) is 11.5 Å².